The van der Waals surface area contributed by atoms with Gasteiger partial charge in [-0.15, -0.1) is 0 Å². The lowest BCUT2D eigenvalue weighted by atomic mass is 10.2. The number of hydrogen-bond acceptors (Lipinski definition) is 4. The SMILES string of the molecule is CC(C)CN1CC(O)CN(C(=O)c2ccc(F)cn2)CC1=O. The lowest BCUT2D eigenvalue weighted by Crippen LogP contribution is -2.40. The van der Waals surface area contributed by atoms with Crippen LogP contribution in [0.25, 0.3) is 0 Å². The van der Waals surface area contributed by atoms with Crippen LogP contribution in [0.15, 0.2) is 18.3 Å². The predicted molar refractivity (Wildman–Crippen MR) is 77.5 cm³/mol. The average molecular weight is 309 g/mol. The summed E-state index contributed by atoms with van der Waals surface area (Å²) in [5.41, 5.74) is 0.0544. The van der Waals surface area contributed by atoms with Crippen molar-refractivity contribution in [2.75, 3.05) is 26.2 Å². The summed E-state index contributed by atoms with van der Waals surface area (Å²) in [6.07, 6.45) is 0.142. The monoisotopic (exact) mass is 309 g/mol. The Kier molecular flexibility index (Phi) is 5.07. The van der Waals surface area contributed by atoms with Crippen LogP contribution in [-0.2, 0) is 4.79 Å². The van der Waals surface area contributed by atoms with Gasteiger partial charge in [-0.05, 0) is 18.1 Å². The highest BCUT2D eigenvalue weighted by Gasteiger charge is 2.30. The van der Waals surface area contributed by atoms with Gasteiger partial charge in [-0.2, -0.15) is 0 Å². The first-order valence-corrected chi connectivity index (χ1v) is 7.23. The molecule has 0 radical (unpaired) electrons. The van der Waals surface area contributed by atoms with E-state index < -0.39 is 17.8 Å². The van der Waals surface area contributed by atoms with Gasteiger partial charge in [0.15, 0.2) is 0 Å². The highest BCUT2D eigenvalue weighted by Crippen LogP contribution is 2.11. The summed E-state index contributed by atoms with van der Waals surface area (Å²) in [7, 11) is 0. The number of hydrogen-bond donors (Lipinski definition) is 1. The highest BCUT2D eigenvalue weighted by molar-refractivity contribution is 5.95. The number of rotatable bonds is 3. The van der Waals surface area contributed by atoms with Crippen molar-refractivity contribution in [3.8, 4) is 0 Å². The van der Waals surface area contributed by atoms with Crippen molar-refractivity contribution in [1.29, 1.82) is 0 Å². The number of pyridine rings is 1. The Bertz CT molecular complexity index is 547. The molecular formula is C15H20FN3O3. The molecule has 7 heteroatoms. The second kappa shape index (κ2) is 6.83. The van der Waals surface area contributed by atoms with E-state index in [0.29, 0.717) is 6.54 Å². The van der Waals surface area contributed by atoms with Crippen molar-refractivity contribution >= 4 is 11.8 Å². The molecule has 2 rings (SSSR count). The third kappa shape index (κ3) is 4.00. The lowest BCUT2D eigenvalue weighted by Gasteiger charge is -2.23. The van der Waals surface area contributed by atoms with Crippen molar-refractivity contribution in [1.82, 2.24) is 14.8 Å². The first-order valence-electron chi connectivity index (χ1n) is 7.23. The molecule has 2 amide bonds. The molecule has 22 heavy (non-hydrogen) atoms. The molecule has 1 N–H and O–H groups in total. The fourth-order valence-electron chi connectivity index (χ4n) is 2.43. The van der Waals surface area contributed by atoms with E-state index >= 15 is 0 Å². The van der Waals surface area contributed by atoms with E-state index in [1.54, 1.807) is 4.90 Å². The molecular weight excluding hydrogens is 289 g/mol. The van der Waals surface area contributed by atoms with E-state index in [2.05, 4.69) is 4.98 Å². The van der Waals surface area contributed by atoms with E-state index in [-0.39, 0.29) is 37.2 Å². The summed E-state index contributed by atoms with van der Waals surface area (Å²) in [5.74, 6) is -0.955. The number of halogens is 1. The number of amides is 2. The average Bonchev–Trinajstić information content (AvgIpc) is 2.58. The Labute approximate surface area is 128 Å². The smallest absolute Gasteiger partial charge is 0.273 e. The summed E-state index contributed by atoms with van der Waals surface area (Å²) in [6.45, 7) is 4.65. The third-order valence-electron chi connectivity index (χ3n) is 3.36. The molecule has 1 saturated heterocycles. The Morgan fingerprint density at radius 1 is 1.45 bits per heavy atom. The van der Waals surface area contributed by atoms with Crippen LogP contribution < -0.4 is 0 Å². The maximum Gasteiger partial charge on any atom is 0.273 e. The van der Waals surface area contributed by atoms with Crippen LogP contribution in [0.5, 0.6) is 0 Å². The van der Waals surface area contributed by atoms with Crippen LogP contribution in [0.3, 0.4) is 0 Å². The van der Waals surface area contributed by atoms with Gasteiger partial charge in [0.2, 0.25) is 5.91 Å². The summed E-state index contributed by atoms with van der Waals surface area (Å²) >= 11 is 0. The number of aromatic nitrogens is 1. The Morgan fingerprint density at radius 3 is 2.77 bits per heavy atom. The van der Waals surface area contributed by atoms with Crippen LogP contribution in [0.1, 0.15) is 24.3 Å². The third-order valence-corrected chi connectivity index (χ3v) is 3.36. The Balaban J connectivity index is 2.13. The fraction of sp³-hybridized carbons (Fsp3) is 0.533. The van der Waals surface area contributed by atoms with Crippen LogP contribution >= 0.6 is 0 Å². The number of carbonyl (C=O) groups excluding carboxylic acids is 2. The van der Waals surface area contributed by atoms with E-state index in [1.165, 1.54) is 11.0 Å². The first-order chi connectivity index (χ1) is 10.4. The van der Waals surface area contributed by atoms with Gasteiger partial charge in [-0.25, -0.2) is 9.37 Å². The molecule has 1 unspecified atom stereocenters. The van der Waals surface area contributed by atoms with Crippen molar-refractivity contribution in [2.45, 2.75) is 20.0 Å². The van der Waals surface area contributed by atoms with Gasteiger partial charge in [0.05, 0.1) is 12.3 Å². The van der Waals surface area contributed by atoms with E-state index in [1.807, 2.05) is 13.8 Å². The van der Waals surface area contributed by atoms with Gasteiger partial charge in [-0.3, -0.25) is 9.59 Å². The van der Waals surface area contributed by atoms with Gasteiger partial charge in [0, 0.05) is 19.6 Å². The second-order valence-electron chi connectivity index (χ2n) is 5.89. The number of nitrogens with zero attached hydrogens (tertiary/aromatic N) is 3. The molecule has 0 aromatic carbocycles. The molecule has 1 aromatic rings. The molecule has 120 valence electrons. The molecule has 1 aliphatic heterocycles. The molecule has 1 atom stereocenters. The standard InChI is InChI=1S/C15H20FN3O3/c1-10(2)6-18-7-12(20)8-19(9-14(18)21)15(22)13-4-3-11(16)5-17-13/h3-5,10,12,20H,6-9H2,1-2H3. The van der Waals surface area contributed by atoms with Crippen LogP contribution in [0.4, 0.5) is 4.39 Å². The summed E-state index contributed by atoms with van der Waals surface area (Å²) < 4.78 is 12.9. The molecule has 0 aliphatic carbocycles. The maximum atomic E-state index is 12.9. The fourth-order valence-corrected chi connectivity index (χ4v) is 2.43. The Morgan fingerprint density at radius 2 is 2.18 bits per heavy atom. The van der Waals surface area contributed by atoms with Gasteiger partial charge >= 0.3 is 0 Å². The van der Waals surface area contributed by atoms with E-state index in [9.17, 15) is 19.1 Å². The van der Waals surface area contributed by atoms with Crippen molar-refractivity contribution in [2.24, 2.45) is 5.92 Å². The van der Waals surface area contributed by atoms with Crippen LogP contribution in [-0.4, -0.2) is 64.0 Å². The van der Waals surface area contributed by atoms with Gasteiger partial charge in [-0.1, -0.05) is 13.8 Å². The number of β-amino-alcohol motifs (C(OH)–C–C–N with tert-alkyl or cyclic N) is 1. The first kappa shape index (κ1) is 16.4. The molecule has 6 nitrogen and oxygen atoms in total. The molecule has 0 bridgehead atoms. The molecule has 0 spiro atoms. The quantitative estimate of drug-likeness (QED) is 0.883. The summed E-state index contributed by atoms with van der Waals surface area (Å²) in [6, 6.07) is 2.41. The van der Waals surface area contributed by atoms with E-state index in [4.69, 9.17) is 0 Å². The summed E-state index contributed by atoms with van der Waals surface area (Å²) in [4.78, 5) is 31.1. The molecule has 1 aromatic heterocycles. The van der Waals surface area contributed by atoms with Gasteiger partial charge in [0.25, 0.3) is 5.91 Å². The number of aliphatic hydroxyl groups excluding tert-OH is 1. The van der Waals surface area contributed by atoms with Crippen LogP contribution in [0.2, 0.25) is 0 Å². The normalized spacial score (nSPS) is 19.5. The minimum atomic E-state index is -0.811. The van der Waals surface area contributed by atoms with Gasteiger partial charge in [0.1, 0.15) is 18.1 Å². The number of aliphatic hydroxyl groups is 1. The topological polar surface area (TPSA) is 73.7 Å². The van der Waals surface area contributed by atoms with E-state index in [0.717, 1.165) is 12.3 Å². The molecule has 1 fully saturated rings. The largest absolute Gasteiger partial charge is 0.389 e. The predicted octanol–water partition coefficient (Wildman–Crippen LogP) is 0.522. The lowest BCUT2D eigenvalue weighted by molar-refractivity contribution is -0.131. The van der Waals surface area contributed by atoms with Crippen molar-refractivity contribution in [3.05, 3.63) is 29.8 Å². The summed E-state index contributed by atoms with van der Waals surface area (Å²) in [5, 5.41) is 10.0. The minimum absolute atomic E-state index is 0.0538. The second-order valence-corrected chi connectivity index (χ2v) is 5.89. The molecule has 0 saturated carbocycles. The van der Waals surface area contributed by atoms with Crippen molar-refractivity contribution < 1.29 is 19.1 Å². The zero-order chi connectivity index (χ0) is 16.3. The Hall–Kier alpha value is -2.02. The minimum Gasteiger partial charge on any atom is -0.389 e. The van der Waals surface area contributed by atoms with Crippen molar-refractivity contribution in [3.63, 3.8) is 0 Å². The zero-order valence-corrected chi connectivity index (χ0v) is 12.7. The van der Waals surface area contributed by atoms with Crippen LogP contribution in [0, 0.1) is 11.7 Å². The molecule has 2 heterocycles. The highest BCUT2D eigenvalue weighted by atomic mass is 19.1. The van der Waals surface area contributed by atoms with Gasteiger partial charge < -0.3 is 14.9 Å². The number of carbonyl (C=O) groups is 2. The zero-order valence-electron chi connectivity index (χ0n) is 12.7. The molecule has 1 aliphatic rings. The maximum absolute atomic E-state index is 12.9.